The van der Waals surface area contributed by atoms with E-state index in [1.54, 1.807) is 0 Å². The Balaban J connectivity index is 2.85. The SMILES string of the molecule is [O-][N+]1=C(S)[NH+]([O-])C=C1. The summed E-state index contributed by atoms with van der Waals surface area (Å²) in [5.74, 6) is 0. The van der Waals surface area contributed by atoms with Crippen LogP contribution in [0.15, 0.2) is 12.4 Å². The molecule has 1 heterocycles. The molecular formula is C3H4N2O2S. The summed E-state index contributed by atoms with van der Waals surface area (Å²) in [6.07, 6.45) is 2.31. The molecule has 0 fully saturated rings. The summed E-state index contributed by atoms with van der Waals surface area (Å²) in [5, 5.41) is 20.2. The Hall–Kier alpha value is -0.520. The zero-order valence-electron chi connectivity index (χ0n) is 3.87. The highest BCUT2D eigenvalue weighted by molar-refractivity contribution is 7.96. The quantitative estimate of drug-likeness (QED) is 0.243. The molecule has 0 aromatic rings. The van der Waals surface area contributed by atoms with E-state index < -0.39 is 0 Å². The molecule has 1 atom stereocenters. The molecule has 1 N–H and O–H groups in total. The number of hydrogen-bond donors (Lipinski definition) is 2. The van der Waals surface area contributed by atoms with Gasteiger partial charge in [0.05, 0.1) is 0 Å². The predicted octanol–water partition coefficient (Wildman–Crippen LogP) is -1.35. The largest absolute Gasteiger partial charge is 0.619 e. The Labute approximate surface area is 51.3 Å². The van der Waals surface area contributed by atoms with Gasteiger partial charge in [-0.1, -0.05) is 0 Å². The second kappa shape index (κ2) is 1.77. The second-order valence-corrected chi connectivity index (χ2v) is 1.75. The maximum atomic E-state index is 10.3. The van der Waals surface area contributed by atoms with Gasteiger partial charge in [0, 0.05) is 0 Å². The van der Waals surface area contributed by atoms with Crippen molar-refractivity contribution < 1.29 is 9.80 Å². The van der Waals surface area contributed by atoms with Crippen LogP contribution in [-0.4, -0.2) is 9.91 Å². The lowest BCUT2D eigenvalue weighted by molar-refractivity contribution is -0.690. The smallest absolute Gasteiger partial charge is 0.417 e. The van der Waals surface area contributed by atoms with E-state index in [1.807, 2.05) is 0 Å². The van der Waals surface area contributed by atoms with Crippen molar-refractivity contribution in [2.24, 2.45) is 0 Å². The van der Waals surface area contributed by atoms with Gasteiger partial charge in [-0.05, 0) is 12.6 Å². The normalized spacial score (nSPS) is 27.5. The number of hydrogen-bond acceptors (Lipinski definition) is 2. The molecule has 0 aliphatic carbocycles. The van der Waals surface area contributed by atoms with Gasteiger partial charge >= 0.3 is 5.17 Å². The van der Waals surface area contributed by atoms with Gasteiger partial charge in [-0.3, -0.25) is 0 Å². The molecular weight excluding hydrogens is 128 g/mol. The van der Waals surface area contributed by atoms with E-state index in [9.17, 15) is 10.4 Å². The molecule has 0 aromatic carbocycles. The fourth-order valence-electron chi connectivity index (χ4n) is 0.389. The van der Waals surface area contributed by atoms with Crippen LogP contribution < -0.4 is 5.06 Å². The maximum Gasteiger partial charge on any atom is 0.417 e. The molecule has 1 unspecified atom stereocenters. The van der Waals surface area contributed by atoms with E-state index in [0.717, 1.165) is 6.20 Å². The number of quaternary nitrogens is 1. The lowest BCUT2D eigenvalue weighted by atomic mass is 10.9. The fourth-order valence-corrected chi connectivity index (χ4v) is 0.530. The summed E-state index contributed by atoms with van der Waals surface area (Å²) >= 11 is 3.60. The van der Waals surface area contributed by atoms with Gasteiger partial charge < -0.3 is 10.4 Å². The molecule has 1 aliphatic heterocycles. The van der Waals surface area contributed by atoms with Crippen molar-refractivity contribution in [1.82, 2.24) is 0 Å². The predicted molar refractivity (Wildman–Crippen MR) is 31.1 cm³/mol. The molecule has 0 amide bonds. The van der Waals surface area contributed by atoms with Crippen LogP contribution in [0.25, 0.3) is 0 Å². The van der Waals surface area contributed by atoms with Crippen molar-refractivity contribution in [2.75, 3.05) is 0 Å². The van der Waals surface area contributed by atoms with Crippen molar-refractivity contribution in [1.29, 1.82) is 0 Å². The Kier molecular flexibility index (Phi) is 1.24. The number of nitrogens with one attached hydrogen (secondary N) is 1. The molecule has 44 valence electrons. The summed E-state index contributed by atoms with van der Waals surface area (Å²) in [5.41, 5.74) is 0. The first kappa shape index (κ1) is 5.61. The molecule has 4 nitrogen and oxygen atoms in total. The molecule has 1 aliphatic rings. The van der Waals surface area contributed by atoms with Crippen LogP contribution in [0.4, 0.5) is 0 Å². The zero-order chi connectivity index (χ0) is 6.15. The Morgan fingerprint density at radius 1 is 1.75 bits per heavy atom. The van der Waals surface area contributed by atoms with Crippen LogP contribution >= 0.6 is 12.6 Å². The molecule has 0 aromatic heterocycles. The Morgan fingerprint density at radius 2 is 2.38 bits per heavy atom. The molecule has 1 rings (SSSR count). The number of rotatable bonds is 0. The van der Waals surface area contributed by atoms with Crippen molar-refractivity contribution >= 4 is 17.8 Å². The van der Waals surface area contributed by atoms with Gasteiger partial charge in [-0.15, -0.1) is 4.74 Å². The molecule has 0 spiro atoms. The van der Waals surface area contributed by atoms with Crippen LogP contribution in [0.2, 0.25) is 0 Å². The van der Waals surface area contributed by atoms with E-state index in [-0.39, 0.29) is 10.2 Å². The average molecular weight is 132 g/mol. The summed E-state index contributed by atoms with van der Waals surface area (Å²) in [7, 11) is 0. The average Bonchev–Trinajstić information content (AvgIpc) is 1.98. The summed E-state index contributed by atoms with van der Waals surface area (Å²) in [4.78, 5) is 0. The van der Waals surface area contributed by atoms with E-state index in [0.29, 0.717) is 4.74 Å². The van der Waals surface area contributed by atoms with Crippen molar-refractivity contribution in [3.8, 4) is 0 Å². The van der Waals surface area contributed by atoms with Crippen LogP contribution in [0.5, 0.6) is 0 Å². The van der Waals surface area contributed by atoms with E-state index >= 15 is 0 Å². The van der Waals surface area contributed by atoms with Gasteiger partial charge in [0.2, 0.25) is 6.20 Å². The van der Waals surface area contributed by atoms with E-state index in [1.165, 1.54) is 6.20 Å². The molecule has 0 saturated heterocycles. The number of nitrogens with zero attached hydrogens (tertiary/aromatic N) is 1. The fraction of sp³-hybridized carbons (Fsp3) is 0. The third-order valence-corrected chi connectivity index (χ3v) is 1.21. The van der Waals surface area contributed by atoms with Crippen molar-refractivity contribution in [3.05, 3.63) is 22.8 Å². The lowest BCUT2D eigenvalue weighted by Gasteiger charge is -2.04. The van der Waals surface area contributed by atoms with Gasteiger partial charge in [-0.2, -0.15) is 0 Å². The summed E-state index contributed by atoms with van der Waals surface area (Å²) in [6, 6.07) is 0. The van der Waals surface area contributed by atoms with Crippen molar-refractivity contribution in [3.63, 3.8) is 0 Å². The van der Waals surface area contributed by atoms with Crippen molar-refractivity contribution in [2.45, 2.75) is 0 Å². The summed E-state index contributed by atoms with van der Waals surface area (Å²) < 4.78 is 0.422. The number of hydroxylamine groups is 3. The minimum absolute atomic E-state index is 0.0648. The van der Waals surface area contributed by atoms with Crippen LogP contribution in [0.3, 0.4) is 0 Å². The second-order valence-electron chi connectivity index (χ2n) is 1.33. The molecule has 8 heavy (non-hydrogen) atoms. The van der Waals surface area contributed by atoms with Gasteiger partial charge in [0.15, 0.2) is 6.20 Å². The topological polar surface area (TPSA) is 53.6 Å². The first-order valence-corrected chi connectivity index (χ1v) is 2.41. The maximum absolute atomic E-state index is 10.3. The molecule has 0 radical (unpaired) electrons. The van der Waals surface area contributed by atoms with Gasteiger partial charge in [0.1, 0.15) is 0 Å². The Morgan fingerprint density at radius 3 is 2.50 bits per heavy atom. The van der Waals surface area contributed by atoms with Crippen LogP contribution in [-0.2, 0) is 0 Å². The molecule has 5 heteroatoms. The third kappa shape index (κ3) is 0.706. The first-order chi connectivity index (χ1) is 3.72. The highest BCUT2D eigenvalue weighted by Crippen LogP contribution is 1.82. The van der Waals surface area contributed by atoms with Crippen LogP contribution in [0, 0.1) is 10.4 Å². The monoisotopic (exact) mass is 132 g/mol. The minimum Gasteiger partial charge on any atom is -0.619 e. The standard InChI is InChI=1S/C3H4N2O2S/c6-4-1-2-5(7)3(4)8/h1-2,4,8H. The van der Waals surface area contributed by atoms with Gasteiger partial charge in [-0.25, -0.2) is 5.06 Å². The lowest BCUT2D eigenvalue weighted by Crippen LogP contribution is -3.03. The third-order valence-electron chi connectivity index (χ3n) is 0.790. The highest BCUT2D eigenvalue weighted by atomic mass is 32.1. The number of thiol groups is 1. The molecule has 0 saturated carbocycles. The zero-order valence-corrected chi connectivity index (χ0v) is 4.76. The highest BCUT2D eigenvalue weighted by Gasteiger charge is 2.15. The van der Waals surface area contributed by atoms with E-state index in [2.05, 4.69) is 12.6 Å². The van der Waals surface area contributed by atoms with Gasteiger partial charge in [0.25, 0.3) is 0 Å². The number of amidine groups is 1. The first-order valence-electron chi connectivity index (χ1n) is 1.96. The summed E-state index contributed by atoms with van der Waals surface area (Å²) in [6.45, 7) is 0. The Bertz CT molecular complexity index is 165. The van der Waals surface area contributed by atoms with E-state index in [4.69, 9.17) is 0 Å². The minimum atomic E-state index is -0.330. The van der Waals surface area contributed by atoms with Crippen LogP contribution in [0.1, 0.15) is 0 Å². The molecule has 0 bridgehead atoms.